The van der Waals surface area contributed by atoms with Crippen molar-refractivity contribution in [3.63, 3.8) is 0 Å². The van der Waals surface area contributed by atoms with Gasteiger partial charge in [-0.1, -0.05) is 17.7 Å². The number of halogens is 2. The maximum Gasteiger partial charge on any atom is 0.143 e. The molecule has 0 saturated carbocycles. The number of nitrogens with two attached hydrogens (primary N) is 1. The lowest BCUT2D eigenvalue weighted by molar-refractivity contribution is 0.156. The smallest absolute Gasteiger partial charge is 0.143 e. The largest absolute Gasteiger partial charge is 0.484 e. The molecule has 0 aliphatic carbocycles. The van der Waals surface area contributed by atoms with E-state index in [0.717, 1.165) is 32.4 Å². The van der Waals surface area contributed by atoms with Gasteiger partial charge < -0.3 is 10.5 Å². The van der Waals surface area contributed by atoms with Gasteiger partial charge in [-0.15, -0.1) is 0 Å². The first-order valence-electron chi connectivity index (χ1n) is 6.38. The van der Waals surface area contributed by atoms with Crippen molar-refractivity contribution in [1.82, 2.24) is 4.98 Å². The average Bonchev–Trinajstić information content (AvgIpc) is 2.39. The fraction of sp³-hybridized carbons (Fsp3) is 0.267. The van der Waals surface area contributed by atoms with Gasteiger partial charge in [-0.2, -0.15) is 0 Å². The summed E-state index contributed by atoms with van der Waals surface area (Å²) in [7, 11) is 0. The molecule has 2 heterocycles. The van der Waals surface area contributed by atoms with Gasteiger partial charge in [-0.3, -0.25) is 4.98 Å². The van der Waals surface area contributed by atoms with Crippen molar-refractivity contribution in [3.8, 4) is 5.75 Å². The van der Waals surface area contributed by atoms with E-state index in [4.69, 9.17) is 10.5 Å². The Morgan fingerprint density at radius 3 is 2.85 bits per heavy atom. The lowest BCUT2D eigenvalue weighted by Crippen LogP contribution is -2.25. The van der Waals surface area contributed by atoms with E-state index < -0.39 is 0 Å². The molecule has 3 rings (SSSR count). The Balaban J connectivity index is 1.97. The molecule has 20 heavy (non-hydrogen) atoms. The molecule has 1 aromatic carbocycles. The number of hydrogen-bond donors (Lipinski definition) is 1. The minimum atomic E-state index is -0.123. The molecule has 0 saturated heterocycles. The molecule has 2 unspecified atom stereocenters. The van der Waals surface area contributed by atoms with Crippen molar-refractivity contribution in [2.24, 2.45) is 5.73 Å². The zero-order valence-corrected chi connectivity index (χ0v) is 14.1. The normalized spacial score (nSPS) is 21.2. The Morgan fingerprint density at radius 2 is 2.10 bits per heavy atom. The Hall–Kier alpha value is -0.910. The first kappa shape index (κ1) is 14.0. The summed E-state index contributed by atoms with van der Waals surface area (Å²) in [6, 6.07) is 8.07. The number of ether oxygens (including phenoxy) is 1. The van der Waals surface area contributed by atoms with Gasteiger partial charge >= 0.3 is 0 Å². The third-order valence-corrected chi connectivity index (χ3v) is 4.51. The minimum Gasteiger partial charge on any atom is -0.484 e. The highest BCUT2D eigenvalue weighted by Crippen LogP contribution is 2.41. The molecule has 1 aromatic heterocycles. The molecule has 0 fully saturated rings. The summed E-state index contributed by atoms with van der Waals surface area (Å²) in [5, 5.41) is 0. The summed E-state index contributed by atoms with van der Waals surface area (Å²) >= 11 is 6.95. The molecular weight excluding hydrogens is 384 g/mol. The van der Waals surface area contributed by atoms with Gasteiger partial charge in [0.1, 0.15) is 11.9 Å². The van der Waals surface area contributed by atoms with Gasteiger partial charge in [-0.05, 0) is 50.9 Å². The maximum atomic E-state index is 6.29. The second kappa shape index (κ2) is 5.47. The monoisotopic (exact) mass is 396 g/mol. The zero-order chi connectivity index (χ0) is 14.3. The van der Waals surface area contributed by atoms with Crippen molar-refractivity contribution in [1.29, 1.82) is 0 Å². The lowest BCUT2D eigenvalue weighted by Gasteiger charge is -2.30. The highest BCUT2D eigenvalue weighted by Gasteiger charge is 2.29. The van der Waals surface area contributed by atoms with Gasteiger partial charge in [0.25, 0.3) is 0 Å². The van der Waals surface area contributed by atoms with Crippen LogP contribution in [-0.4, -0.2) is 4.98 Å². The topological polar surface area (TPSA) is 48.1 Å². The predicted molar refractivity (Wildman–Crippen MR) is 85.7 cm³/mol. The van der Waals surface area contributed by atoms with Crippen LogP contribution in [0.15, 0.2) is 39.4 Å². The molecule has 1 aliphatic rings. The summed E-state index contributed by atoms with van der Waals surface area (Å²) in [4.78, 5) is 4.45. The molecule has 2 N–H and O–H groups in total. The second-order valence-corrected chi connectivity index (χ2v) is 6.78. The van der Waals surface area contributed by atoms with Crippen LogP contribution >= 0.6 is 31.9 Å². The summed E-state index contributed by atoms with van der Waals surface area (Å²) in [6.07, 6.45) is 2.38. The Morgan fingerprint density at radius 1 is 1.30 bits per heavy atom. The van der Waals surface area contributed by atoms with Gasteiger partial charge in [0.15, 0.2) is 0 Å². The third kappa shape index (κ3) is 2.62. The van der Waals surface area contributed by atoms with E-state index in [1.165, 1.54) is 5.56 Å². The maximum absolute atomic E-state index is 6.29. The molecule has 0 bridgehead atoms. The van der Waals surface area contributed by atoms with E-state index in [2.05, 4.69) is 49.8 Å². The number of pyridine rings is 1. The number of aryl methyl sites for hydroxylation is 1. The molecule has 5 heteroatoms. The second-order valence-electron chi connectivity index (χ2n) is 5.01. The van der Waals surface area contributed by atoms with Gasteiger partial charge in [-0.25, -0.2) is 0 Å². The van der Waals surface area contributed by atoms with Crippen LogP contribution in [0.25, 0.3) is 0 Å². The Labute approximate surface area is 134 Å². The van der Waals surface area contributed by atoms with E-state index >= 15 is 0 Å². The average molecular weight is 398 g/mol. The number of nitrogens with zero attached hydrogens (tertiary/aromatic N) is 1. The predicted octanol–water partition coefficient (Wildman–Crippen LogP) is 4.44. The summed E-state index contributed by atoms with van der Waals surface area (Å²) < 4.78 is 7.94. The number of hydrogen-bond acceptors (Lipinski definition) is 3. The molecule has 2 atom stereocenters. The van der Waals surface area contributed by atoms with Gasteiger partial charge in [0.2, 0.25) is 0 Å². The van der Waals surface area contributed by atoms with E-state index in [1.807, 2.05) is 18.2 Å². The molecule has 2 aromatic rings. The zero-order valence-electron chi connectivity index (χ0n) is 10.9. The Bertz CT molecular complexity index is 660. The highest BCUT2D eigenvalue weighted by molar-refractivity contribution is 9.11. The van der Waals surface area contributed by atoms with Crippen molar-refractivity contribution < 1.29 is 4.74 Å². The first-order chi connectivity index (χ1) is 9.54. The van der Waals surface area contributed by atoms with Crippen LogP contribution in [0.4, 0.5) is 0 Å². The number of benzene rings is 1. The summed E-state index contributed by atoms with van der Waals surface area (Å²) in [6.45, 7) is 2.06. The fourth-order valence-corrected chi connectivity index (χ4v) is 3.70. The molecule has 3 nitrogen and oxygen atoms in total. The van der Waals surface area contributed by atoms with Crippen molar-refractivity contribution >= 4 is 31.9 Å². The van der Waals surface area contributed by atoms with E-state index in [1.54, 1.807) is 6.20 Å². The fourth-order valence-electron chi connectivity index (χ4n) is 2.45. The number of aromatic nitrogens is 1. The van der Waals surface area contributed by atoms with E-state index in [0.29, 0.717) is 0 Å². The highest BCUT2D eigenvalue weighted by atomic mass is 79.9. The standard InChI is InChI=1S/C15H14Br2N2O/c1-8-2-3-13-10(4-8)12(18)6-14(20-13)15-11(17)5-9(16)7-19-15/h2-5,7,12,14H,6,18H2,1H3. The molecular formula is C15H14Br2N2O. The molecule has 0 amide bonds. The van der Waals surface area contributed by atoms with Crippen molar-refractivity contribution in [2.75, 3.05) is 0 Å². The first-order valence-corrected chi connectivity index (χ1v) is 7.97. The van der Waals surface area contributed by atoms with Crippen LogP contribution in [0, 0.1) is 6.92 Å². The van der Waals surface area contributed by atoms with Gasteiger partial charge in [0, 0.05) is 33.2 Å². The SMILES string of the molecule is Cc1ccc2c(c1)C(N)CC(c1ncc(Br)cc1Br)O2. The van der Waals surface area contributed by atoms with Crippen LogP contribution < -0.4 is 10.5 Å². The minimum absolute atomic E-state index is 0.0269. The van der Waals surface area contributed by atoms with Crippen LogP contribution in [0.2, 0.25) is 0 Å². The lowest BCUT2D eigenvalue weighted by atomic mass is 9.94. The summed E-state index contributed by atoms with van der Waals surface area (Å²) in [5.41, 5.74) is 9.45. The van der Waals surface area contributed by atoms with E-state index in [-0.39, 0.29) is 12.1 Å². The van der Waals surface area contributed by atoms with Crippen LogP contribution in [0.3, 0.4) is 0 Å². The quantitative estimate of drug-likeness (QED) is 0.773. The van der Waals surface area contributed by atoms with Gasteiger partial charge in [0.05, 0.1) is 5.69 Å². The molecule has 104 valence electrons. The third-order valence-electron chi connectivity index (χ3n) is 3.44. The van der Waals surface area contributed by atoms with E-state index in [9.17, 15) is 0 Å². The van der Waals surface area contributed by atoms with Crippen molar-refractivity contribution in [3.05, 3.63) is 56.2 Å². The van der Waals surface area contributed by atoms with Crippen LogP contribution in [0.5, 0.6) is 5.75 Å². The molecule has 1 aliphatic heterocycles. The molecule has 0 spiro atoms. The number of fused-ring (bicyclic) bond motifs is 1. The van der Waals surface area contributed by atoms with Crippen molar-refractivity contribution in [2.45, 2.75) is 25.5 Å². The van der Waals surface area contributed by atoms with Crippen LogP contribution in [-0.2, 0) is 0 Å². The van der Waals surface area contributed by atoms with Crippen LogP contribution in [0.1, 0.15) is 35.4 Å². The molecule has 0 radical (unpaired) electrons. The Kier molecular flexibility index (Phi) is 3.84. The number of rotatable bonds is 1. The summed E-state index contributed by atoms with van der Waals surface area (Å²) in [5.74, 6) is 0.857.